The van der Waals surface area contributed by atoms with Crippen molar-refractivity contribution in [2.24, 2.45) is 10.1 Å². The quantitative estimate of drug-likeness (QED) is 0.618. The van der Waals surface area contributed by atoms with Gasteiger partial charge in [-0.15, -0.1) is 0 Å². The summed E-state index contributed by atoms with van der Waals surface area (Å²) in [6.07, 6.45) is 3.57. The van der Waals surface area contributed by atoms with E-state index in [1.54, 1.807) is 6.20 Å². The molecule has 0 fully saturated rings. The molecular weight excluding hydrogens is 400 g/mol. The number of fused-ring (bicyclic) bond motifs is 1. The topological polar surface area (TPSA) is 49.6 Å². The summed E-state index contributed by atoms with van der Waals surface area (Å²) in [7, 11) is 0. The SMILES string of the molecule is CC(C)c1ccc(C2=Nc3ccc(Br)cc3C(c3cccnc3)=NN2)cc1. The van der Waals surface area contributed by atoms with Crippen LogP contribution in [0.3, 0.4) is 0 Å². The molecule has 0 bridgehead atoms. The number of hydrazone groups is 1. The number of pyridine rings is 1. The van der Waals surface area contributed by atoms with Gasteiger partial charge in [0.15, 0.2) is 5.84 Å². The molecule has 4 nitrogen and oxygen atoms in total. The Morgan fingerprint density at radius 1 is 0.963 bits per heavy atom. The van der Waals surface area contributed by atoms with Gasteiger partial charge in [0.1, 0.15) is 5.71 Å². The molecule has 0 radical (unpaired) electrons. The first-order valence-corrected chi connectivity index (χ1v) is 9.64. The normalized spacial score (nSPS) is 13.3. The summed E-state index contributed by atoms with van der Waals surface area (Å²) in [6, 6.07) is 18.4. The van der Waals surface area contributed by atoms with Crippen LogP contribution >= 0.6 is 15.9 Å². The number of nitrogens with one attached hydrogen (secondary N) is 1. The summed E-state index contributed by atoms with van der Waals surface area (Å²) in [5.74, 6) is 1.23. The number of hydrogen-bond acceptors (Lipinski definition) is 4. The number of nitrogens with zero attached hydrogens (tertiary/aromatic N) is 3. The second-order valence-electron chi connectivity index (χ2n) is 6.71. The average molecular weight is 419 g/mol. The molecule has 1 aliphatic rings. The Morgan fingerprint density at radius 3 is 2.48 bits per heavy atom. The Kier molecular flexibility index (Phi) is 4.86. The molecule has 5 heteroatoms. The van der Waals surface area contributed by atoms with Crippen molar-refractivity contribution < 1.29 is 0 Å². The number of amidine groups is 1. The lowest BCUT2D eigenvalue weighted by atomic mass is 10.0. The molecule has 4 rings (SSSR count). The fourth-order valence-electron chi connectivity index (χ4n) is 2.99. The van der Waals surface area contributed by atoms with Crippen molar-refractivity contribution in [2.75, 3.05) is 0 Å². The predicted molar refractivity (Wildman–Crippen MR) is 114 cm³/mol. The first kappa shape index (κ1) is 17.6. The molecule has 0 atom stereocenters. The van der Waals surface area contributed by atoms with Crippen molar-refractivity contribution in [3.05, 3.63) is 93.7 Å². The fraction of sp³-hybridized carbons (Fsp3) is 0.136. The molecule has 0 spiro atoms. The van der Waals surface area contributed by atoms with E-state index in [1.165, 1.54) is 5.56 Å². The van der Waals surface area contributed by atoms with Crippen LogP contribution in [-0.4, -0.2) is 16.5 Å². The first-order valence-electron chi connectivity index (χ1n) is 8.85. The second kappa shape index (κ2) is 7.45. The van der Waals surface area contributed by atoms with Crippen LogP contribution in [-0.2, 0) is 0 Å². The molecule has 1 N–H and O–H groups in total. The standard InChI is InChI=1S/C22H19BrN4/c1-14(2)15-5-7-16(8-6-15)22-25-20-10-9-18(23)12-19(20)21(26-27-22)17-4-3-11-24-13-17/h3-14H,1-2H3,(H,25,27). The summed E-state index contributed by atoms with van der Waals surface area (Å²) < 4.78 is 0.984. The lowest BCUT2D eigenvalue weighted by Crippen LogP contribution is -2.19. The molecule has 1 aromatic heterocycles. The monoisotopic (exact) mass is 418 g/mol. The van der Waals surface area contributed by atoms with Crippen molar-refractivity contribution >= 4 is 33.2 Å². The maximum Gasteiger partial charge on any atom is 0.154 e. The summed E-state index contributed by atoms with van der Waals surface area (Å²) in [6.45, 7) is 4.38. The predicted octanol–water partition coefficient (Wildman–Crippen LogP) is 5.40. The Bertz CT molecular complexity index is 1020. The van der Waals surface area contributed by atoms with Gasteiger partial charge in [0, 0.05) is 33.6 Å². The van der Waals surface area contributed by atoms with E-state index in [1.807, 2.05) is 36.5 Å². The smallest absolute Gasteiger partial charge is 0.154 e. The minimum absolute atomic E-state index is 0.497. The highest BCUT2D eigenvalue weighted by Crippen LogP contribution is 2.28. The van der Waals surface area contributed by atoms with Crippen LogP contribution < -0.4 is 5.43 Å². The highest BCUT2D eigenvalue weighted by Gasteiger charge is 2.17. The van der Waals surface area contributed by atoms with Gasteiger partial charge in [0.25, 0.3) is 0 Å². The lowest BCUT2D eigenvalue weighted by Gasteiger charge is -2.08. The number of halogens is 1. The van der Waals surface area contributed by atoms with Gasteiger partial charge in [-0.05, 0) is 41.8 Å². The number of rotatable bonds is 3. The van der Waals surface area contributed by atoms with E-state index in [0.717, 1.165) is 38.4 Å². The number of benzene rings is 2. The fourth-order valence-corrected chi connectivity index (χ4v) is 3.35. The summed E-state index contributed by atoms with van der Waals surface area (Å²) in [4.78, 5) is 9.08. The largest absolute Gasteiger partial charge is 0.264 e. The molecule has 2 heterocycles. The Morgan fingerprint density at radius 2 is 1.78 bits per heavy atom. The van der Waals surface area contributed by atoms with Gasteiger partial charge in [-0.3, -0.25) is 10.4 Å². The lowest BCUT2D eigenvalue weighted by molar-refractivity contribution is 0.866. The molecule has 0 amide bonds. The van der Waals surface area contributed by atoms with E-state index in [2.05, 4.69) is 69.6 Å². The average Bonchev–Trinajstić information content (AvgIpc) is 2.88. The minimum Gasteiger partial charge on any atom is -0.264 e. The van der Waals surface area contributed by atoms with E-state index in [4.69, 9.17) is 4.99 Å². The zero-order valence-corrected chi connectivity index (χ0v) is 16.7. The van der Waals surface area contributed by atoms with Gasteiger partial charge in [0.2, 0.25) is 0 Å². The van der Waals surface area contributed by atoms with Crippen molar-refractivity contribution in [1.82, 2.24) is 10.4 Å². The zero-order chi connectivity index (χ0) is 18.8. The summed E-state index contributed by atoms with van der Waals surface area (Å²) >= 11 is 3.56. The number of hydrogen-bond donors (Lipinski definition) is 1. The molecule has 27 heavy (non-hydrogen) atoms. The second-order valence-corrected chi connectivity index (χ2v) is 7.63. The molecule has 0 aliphatic carbocycles. The molecule has 2 aromatic carbocycles. The third-order valence-corrected chi connectivity index (χ3v) is 5.00. The van der Waals surface area contributed by atoms with E-state index < -0.39 is 0 Å². The zero-order valence-electron chi connectivity index (χ0n) is 15.1. The maximum atomic E-state index is 4.85. The molecule has 0 saturated carbocycles. The summed E-state index contributed by atoms with van der Waals surface area (Å²) in [5.41, 5.74) is 9.05. The molecule has 0 saturated heterocycles. The third-order valence-electron chi connectivity index (χ3n) is 4.51. The van der Waals surface area contributed by atoms with Crippen molar-refractivity contribution in [1.29, 1.82) is 0 Å². The van der Waals surface area contributed by atoms with Gasteiger partial charge >= 0.3 is 0 Å². The van der Waals surface area contributed by atoms with Crippen molar-refractivity contribution in [3.8, 4) is 0 Å². The number of aromatic nitrogens is 1. The maximum absolute atomic E-state index is 4.85. The van der Waals surface area contributed by atoms with Crippen LogP contribution in [0.4, 0.5) is 5.69 Å². The molecule has 134 valence electrons. The van der Waals surface area contributed by atoms with Gasteiger partial charge in [-0.2, -0.15) is 5.10 Å². The Labute approximate surface area is 167 Å². The van der Waals surface area contributed by atoms with Crippen molar-refractivity contribution in [2.45, 2.75) is 19.8 Å². The summed E-state index contributed by atoms with van der Waals surface area (Å²) in [5, 5.41) is 4.67. The molecule has 0 unspecified atom stereocenters. The first-order chi connectivity index (χ1) is 13.1. The minimum atomic E-state index is 0.497. The van der Waals surface area contributed by atoms with E-state index in [-0.39, 0.29) is 0 Å². The van der Waals surface area contributed by atoms with Crippen LogP contribution in [0.2, 0.25) is 0 Å². The highest BCUT2D eigenvalue weighted by molar-refractivity contribution is 9.10. The molecular formula is C22H19BrN4. The van der Waals surface area contributed by atoms with Crippen LogP contribution in [0.25, 0.3) is 0 Å². The van der Waals surface area contributed by atoms with Crippen LogP contribution in [0.5, 0.6) is 0 Å². The van der Waals surface area contributed by atoms with Gasteiger partial charge < -0.3 is 0 Å². The van der Waals surface area contributed by atoms with Crippen LogP contribution in [0.15, 0.2) is 81.6 Å². The Balaban J connectivity index is 1.81. The van der Waals surface area contributed by atoms with Gasteiger partial charge in [-0.1, -0.05) is 54.0 Å². The molecule has 1 aliphatic heterocycles. The van der Waals surface area contributed by atoms with E-state index >= 15 is 0 Å². The third kappa shape index (κ3) is 3.69. The van der Waals surface area contributed by atoms with E-state index in [9.17, 15) is 0 Å². The number of aliphatic imine (C=N–C) groups is 1. The molecule has 3 aromatic rings. The van der Waals surface area contributed by atoms with Crippen molar-refractivity contribution in [3.63, 3.8) is 0 Å². The Hall–Kier alpha value is -2.79. The van der Waals surface area contributed by atoms with Crippen LogP contribution in [0, 0.1) is 0 Å². The highest BCUT2D eigenvalue weighted by atomic mass is 79.9. The van der Waals surface area contributed by atoms with Gasteiger partial charge in [0.05, 0.1) is 5.69 Å². The van der Waals surface area contributed by atoms with Gasteiger partial charge in [-0.25, -0.2) is 4.99 Å². The van der Waals surface area contributed by atoms with E-state index in [0.29, 0.717) is 5.92 Å². The van der Waals surface area contributed by atoms with Crippen LogP contribution in [0.1, 0.15) is 42.0 Å².